The highest BCUT2D eigenvalue weighted by atomic mass is 35.7. The van der Waals surface area contributed by atoms with Gasteiger partial charge in [-0.15, -0.1) is 48.0 Å². The van der Waals surface area contributed by atoms with Crippen molar-refractivity contribution in [2.45, 2.75) is 181 Å². The van der Waals surface area contributed by atoms with Crippen molar-refractivity contribution in [3.8, 4) is 0 Å². The van der Waals surface area contributed by atoms with Crippen LogP contribution in [-0.2, 0) is 0 Å². The summed E-state index contributed by atoms with van der Waals surface area (Å²) in [6.07, 6.45) is -14.4. The number of nitrogens with zero attached hydrogens (tertiary/aromatic N) is 9. The predicted octanol–water partition coefficient (Wildman–Crippen LogP) is 21.8. The Morgan fingerprint density at radius 2 is 0.362 bits per heavy atom. The van der Waals surface area contributed by atoms with E-state index >= 15 is 70.2 Å². The third-order valence-corrected chi connectivity index (χ3v) is 30.0. The molecule has 3 heterocycles. The summed E-state index contributed by atoms with van der Waals surface area (Å²) in [6.45, 7) is 47.5. The Labute approximate surface area is 761 Å². The first-order chi connectivity index (χ1) is 63.2. The fraction of sp³-hybridized carbons (Fsp3) is 0.321. The van der Waals surface area contributed by atoms with Gasteiger partial charge in [-0.2, -0.15) is 0 Å². The van der Waals surface area contributed by atoms with Gasteiger partial charge in [-0.3, -0.25) is 0 Å². The number of hydrogen-bond donors (Lipinski definition) is 0. The van der Waals surface area contributed by atoms with E-state index in [4.69, 9.17) is 20.8 Å². The lowest BCUT2D eigenvalue weighted by molar-refractivity contribution is -0.708. The van der Waals surface area contributed by atoms with Gasteiger partial charge in [0.25, 0.3) is 19.5 Å². The van der Waals surface area contributed by atoms with Crippen LogP contribution in [0.1, 0.15) is 153 Å². The molecule has 9 nitrogen and oxygen atoms in total. The van der Waals surface area contributed by atoms with Gasteiger partial charge in [0.15, 0.2) is 151 Å². The molecule has 138 heavy (non-hydrogen) atoms. The molecule has 0 aliphatic carbocycles. The van der Waals surface area contributed by atoms with Crippen LogP contribution >= 0.6 is 18.3 Å². The van der Waals surface area contributed by atoms with Gasteiger partial charge < -0.3 is 18.3 Å². The highest BCUT2D eigenvalue weighted by molar-refractivity contribution is 7.99. The van der Waals surface area contributed by atoms with Gasteiger partial charge in [-0.05, 0) is 154 Å². The zero-order valence-electron chi connectivity index (χ0n) is 74.6. The molecule has 0 N–H and O–H groups in total. The minimum atomic E-state index is -7.22. The Balaban J connectivity index is 0.000000232. The maximum Gasteiger partial charge on any atom is 0.490 e. The smallest absolute Gasteiger partial charge is 0.309 e. The molecule has 0 unspecified atom stereocenters. The third kappa shape index (κ3) is 16.7. The number of halogens is 41. The number of anilines is 1. The van der Waals surface area contributed by atoms with Crippen LogP contribution in [0, 0.1) is 274 Å². The first-order valence-electron chi connectivity index (χ1n) is 39.9. The Kier molecular flexibility index (Phi) is 31.2. The van der Waals surface area contributed by atoms with E-state index in [9.17, 15) is 105 Å². The molecule has 0 saturated carbocycles. The van der Waals surface area contributed by atoms with Gasteiger partial charge in [0.2, 0.25) is 0 Å². The molecule has 0 aliphatic heterocycles. The maximum atomic E-state index is 15.4. The lowest BCUT2D eigenvalue weighted by Gasteiger charge is -2.44. The van der Waals surface area contributed by atoms with Gasteiger partial charge in [-0.25, -0.2) is 185 Å². The van der Waals surface area contributed by atoms with E-state index in [0.29, 0.717) is 0 Å². The quantitative estimate of drug-likeness (QED) is 0.0199. The summed E-state index contributed by atoms with van der Waals surface area (Å²) in [5, 5.41) is 0. The molecule has 54 heteroatoms. The number of rotatable bonds is 19. The molecular weight excluding hydrogens is 2010 g/mol. The molecule has 0 saturated heterocycles. The first kappa shape index (κ1) is 111. The summed E-state index contributed by atoms with van der Waals surface area (Å²) in [6, 6.07) is 1.22. The molecule has 0 spiro atoms. The Morgan fingerprint density at radius 1 is 0.232 bits per heavy atom. The lowest BCUT2D eigenvalue weighted by atomic mass is 9.12. The summed E-state index contributed by atoms with van der Waals surface area (Å²) in [7, 11) is -5.64. The van der Waals surface area contributed by atoms with E-state index in [0.717, 1.165) is 17.2 Å². The van der Waals surface area contributed by atoms with Crippen LogP contribution in [-0.4, -0.2) is 43.4 Å². The van der Waals surface area contributed by atoms with E-state index in [1.165, 1.54) is 34.2 Å². The largest absolute Gasteiger partial charge is 0.490 e. The van der Waals surface area contributed by atoms with E-state index in [2.05, 4.69) is 176 Å². The average Bonchev–Trinajstić information content (AvgIpc) is 1.20. The Bertz CT molecular complexity index is 5790. The van der Waals surface area contributed by atoms with Crippen molar-refractivity contribution >= 4 is 88.5 Å². The van der Waals surface area contributed by atoms with Crippen molar-refractivity contribution in [1.82, 2.24) is 22.8 Å². The monoisotopic (exact) mass is 2080 g/mol. The molecule has 11 rings (SSSR count). The van der Waals surface area contributed by atoms with Crippen molar-refractivity contribution in [3.05, 3.63) is 278 Å². The molecular formula is C84H69B2ClF40N9PSi. The van der Waals surface area contributed by atoms with Crippen molar-refractivity contribution in [1.29, 1.82) is 0 Å². The van der Waals surface area contributed by atoms with Crippen LogP contribution in [0.2, 0.25) is 19.6 Å². The van der Waals surface area contributed by atoms with Gasteiger partial charge >= 0.3 is 13.0 Å². The van der Waals surface area contributed by atoms with Gasteiger partial charge in [0, 0.05) is 46.9 Å². The molecule has 0 amide bonds. The molecule has 0 atom stereocenters. The number of imidazole rings is 3. The summed E-state index contributed by atoms with van der Waals surface area (Å²) in [4.78, 5) is 0. The van der Waals surface area contributed by atoms with Crippen molar-refractivity contribution in [2.24, 2.45) is 9.53 Å². The van der Waals surface area contributed by atoms with E-state index in [-0.39, 0.29) is 36.3 Å². The second kappa shape index (κ2) is 38.9. The van der Waals surface area contributed by atoms with Gasteiger partial charge in [0.1, 0.15) is 117 Å². The molecule has 0 bridgehead atoms. The molecule has 0 fully saturated rings. The summed E-state index contributed by atoms with van der Waals surface area (Å²) in [5.74, 6) is -142. The number of hydrogen-bond acceptors (Lipinski definition) is 3. The van der Waals surface area contributed by atoms with Crippen LogP contribution in [0.5, 0.6) is 0 Å². The minimum absolute atomic E-state index is 0.196. The maximum absolute atomic E-state index is 15.4. The second-order valence-corrected chi connectivity index (χ2v) is 42.3. The van der Waals surface area contributed by atoms with Crippen LogP contribution in [0.3, 0.4) is 0 Å². The highest BCUT2D eigenvalue weighted by Crippen LogP contribution is 2.72. The van der Waals surface area contributed by atoms with Crippen molar-refractivity contribution in [2.75, 3.05) is 4.34 Å². The topological polar surface area (TPSA) is 56.5 Å². The zero-order chi connectivity index (χ0) is 106. The van der Waals surface area contributed by atoms with Crippen LogP contribution in [0.4, 0.5) is 182 Å². The molecule has 11 aromatic rings. The minimum Gasteiger partial charge on any atom is -0.309 e. The van der Waals surface area contributed by atoms with E-state index < -0.39 is 304 Å². The average molecular weight is 2080 g/mol. The van der Waals surface area contributed by atoms with Crippen LogP contribution in [0.15, 0.2) is 9.53 Å². The summed E-state index contributed by atoms with van der Waals surface area (Å²) >= 11 is 8.50. The van der Waals surface area contributed by atoms with Gasteiger partial charge in [0.05, 0.1) is 12.1 Å². The molecule has 752 valence electrons. The van der Waals surface area contributed by atoms with Crippen LogP contribution in [0.25, 0.3) is 0 Å². The van der Waals surface area contributed by atoms with Crippen molar-refractivity contribution in [3.63, 3.8) is 0 Å². The normalized spacial score (nSPS) is 12.4. The van der Waals surface area contributed by atoms with Crippen LogP contribution < -0.4 is 63.8 Å². The Morgan fingerprint density at radius 3 is 0.478 bits per heavy atom. The zero-order valence-corrected chi connectivity index (χ0v) is 77.2. The van der Waals surface area contributed by atoms with E-state index in [1.54, 1.807) is 0 Å². The number of aromatic nitrogens is 6. The molecule has 8 aromatic carbocycles. The fourth-order valence-electron chi connectivity index (χ4n) is 17.3. The molecule has 0 aliphatic rings. The fourth-order valence-corrected chi connectivity index (χ4v) is 25.6. The Hall–Kier alpha value is -10.9. The standard InChI is InChI=1S/C36H69ClN9PSi.2C24BF20/c1-22(2)40-28(13)29(14)41(23(3)4)34(40)38-47(37,39-35-42(24(5)6)30(15)31(16)43(35)25(7)8)46(48(19,20)21)36-44(26(9)10)32(17)33(18)45(36)27(11)12;2*26-5-1(6(27)14(35)21(42)13(5)34)25(2-7(28)15(36)22(43)16(37)8(2)29,3-9(30)17(38)23(44)18(39)10(3)31)4-11(32)19(40)24(45)20(41)12(4)33/h22-27H,1-21H3;;/q+2;2*-1. The molecule has 0 radical (unpaired) electrons. The predicted molar refractivity (Wildman–Crippen MR) is 428 cm³/mol. The number of benzene rings is 8. The second-order valence-electron chi connectivity index (χ2n) is 34.0. The lowest BCUT2D eigenvalue weighted by Crippen LogP contribution is -2.81. The summed E-state index contributed by atoms with van der Waals surface area (Å²) in [5.41, 5.74) is -19.5. The molecule has 3 aromatic heterocycles. The van der Waals surface area contributed by atoms with Gasteiger partial charge in [-0.1, -0.05) is 0 Å². The third-order valence-electron chi connectivity index (χ3n) is 23.1. The summed E-state index contributed by atoms with van der Waals surface area (Å²) < 4.78 is 617. The SMILES string of the molecule is Cc1c(C)[n+](C(C)C)c(N([Si](C)(C)C)[P+](Cl)(N=c2n(C(C)C)c(C)c(C)n2C(C)C)N=c2n(C(C)C)c(C)c(C)n2C(C)C)n1C(C)C.Fc1c(F)c(F)c([B-](c2c(F)c(F)c(F)c(F)c2F)(c2c(F)c(F)c(F)c(F)c2F)c2c(F)c(F)c(F)c(F)c2F)c(F)c1F.Fc1c(F)c(F)c([B-](c2c(F)c(F)c(F)c(F)c2F)(c2c(F)c(F)c(F)c(F)c2F)c2c(F)c(F)c(F)c(F)c2F)c(F)c1F. The van der Waals surface area contributed by atoms with Crippen molar-refractivity contribution < 1.29 is 180 Å². The van der Waals surface area contributed by atoms with E-state index in [1.807, 2.05) is 0 Å². The highest BCUT2D eigenvalue weighted by Gasteiger charge is 2.63. The first-order valence-corrected chi connectivity index (χ1v) is 45.9.